The number of nitro groups is 1. The van der Waals surface area contributed by atoms with Gasteiger partial charge in [0.15, 0.2) is 0 Å². The Morgan fingerprint density at radius 3 is 2.55 bits per heavy atom. The SMILES string of the molecule is COc1ccc(NC(=O)C2CSCN2C(=O)CSc2ccc([N+](=O)[O-])cc2)cc1. The Labute approximate surface area is 176 Å². The molecule has 3 rings (SSSR count). The van der Waals surface area contributed by atoms with Gasteiger partial charge in [0.1, 0.15) is 11.8 Å². The van der Waals surface area contributed by atoms with Gasteiger partial charge in [0.05, 0.1) is 23.7 Å². The van der Waals surface area contributed by atoms with Crippen LogP contribution in [0.3, 0.4) is 0 Å². The minimum absolute atomic E-state index is 0.00638. The number of nitrogens with one attached hydrogen (secondary N) is 1. The largest absolute Gasteiger partial charge is 0.497 e. The third kappa shape index (κ3) is 5.42. The minimum Gasteiger partial charge on any atom is -0.497 e. The van der Waals surface area contributed by atoms with E-state index in [0.717, 1.165) is 4.90 Å². The first kappa shape index (κ1) is 21.0. The predicted octanol–water partition coefficient (Wildman–Crippen LogP) is 3.24. The lowest BCUT2D eigenvalue weighted by Crippen LogP contribution is -2.45. The molecule has 0 aliphatic carbocycles. The van der Waals surface area contributed by atoms with Gasteiger partial charge in [-0.2, -0.15) is 0 Å². The van der Waals surface area contributed by atoms with E-state index >= 15 is 0 Å². The molecule has 0 aromatic heterocycles. The van der Waals surface area contributed by atoms with Gasteiger partial charge in [-0.1, -0.05) is 0 Å². The van der Waals surface area contributed by atoms with Gasteiger partial charge < -0.3 is 15.0 Å². The predicted molar refractivity (Wildman–Crippen MR) is 113 cm³/mol. The summed E-state index contributed by atoms with van der Waals surface area (Å²) in [7, 11) is 1.57. The summed E-state index contributed by atoms with van der Waals surface area (Å²) in [4.78, 5) is 37.8. The zero-order chi connectivity index (χ0) is 20.8. The van der Waals surface area contributed by atoms with Crippen molar-refractivity contribution < 1.29 is 19.2 Å². The number of ether oxygens (including phenoxy) is 1. The smallest absolute Gasteiger partial charge is 0.269 e. The maximum atomic E-state index is 12.6. The van der Waals surface area contributed by atoms with Gasteiger partial charge in [0.2, 0.25) is 11.8 Å². The van der Waals surface area contributed by atoms with Crippen molar-refractivity contribution in [3.63, 3.8) is 0 Å². The molecule has 1 aliphatic rings. The Bertz CT molecular complexity index is 890. The lowest BCUT2D eigenvalue weighted by atomic mass is 10.2. The number of anilines is 1. The third-order valence-corrected chi connectivity index (χ3v) is 6.28. The number of amides is 2. The van der Waals surface area contributed by atoms with Crippen LogP contribution in [-0.4, -0.2) is 52.2 Å². The van der Waals surface area contributed by atoms with Crippen molar-refractivity contribution in [3.8, 4) is 5.75 Å². The van der Waals surface area contributed by atoms with Crippen molar-refractivity contribution >= 4 is 46.7 Å². The summed E-state index contributed by atoms with van der Waals surface area (Å²) >= 11 is 2.82. The zero-order valence-corrected chi connectivity index (χ0v) is 17.2. The molecular formula is C19H19N3O5S2. The first-order chi connectivity index (χ1) is 14.0. The molecule has 0 bridgehead atoms. The van der Waals surface area contributed by atoms with Crippen LogP contribution in [-0.2, 0) is 9.59 Å². The number of carbonyl (C=O) groups excluding carboxylic acids is 2. The van der Waals surface area contributed by atoms with Crippen LogP contribution in [0.1, 0.15) is 0 Å². The monoisotopic (exact) mass is 433 g/mol. The Balaban J connectivity index is 1.56. The van der Waals surface area contributed by atoms with Crippen LogP contribution >= 0.6 is 23.5 Å². The van der Waals surface area contributed by atoms with E-state index in [1.165, 1.54) is 35.7 Å². The Hall–Kier alpha value is -2.72. The molecule has 0 spiro atoms. The van der Waals surface area contributed by atoms with E-state index in [9.17, 15) is 19.7 Å². The van der Waals surface area contributed by atoms with Crippen LogP contribution < -0.4 is 10.1 Å². The minimum atomic E-state index is -0.535. The van der Waals surface area contributed by atoms with Gasteiger partial charge in [-0.15, -0.1) is 23.5 Å². The average molecular weight is 434 g/mol. The lowest BCUT2D eigenvalue weighted by Gasteiger charge is -2.23. The number of hydrogen-bond acceptors (Lipinski definition) is 7. The van der Waals surface area contributed by atoms with Crippen LogP contribution in [0.4, 0.5) is 11.4 Å². The third-order valence-electron chi connectivity index (χ3n) is 4.27. The Kier molecular flexibility index (Phi) is 6.99. The summed E-state index contributed by atoms with van der Waals surface area (Å²) in [5.41, 5.74) is 0.646. The standard InChI is InChI=1S/C19H19N3O5S2/c1-27-15-6-2-13(3-7-15)20-19(24)17-10-28-12-21(17)18(23)11-29-16-8-4-14(5-9-16)22(25)26/h2-9,17H,10-12H2,1H3,(H,20,24). The summed E-state index contributed by atoms with van der Waals surface area (Å²) in [6, 6.07) is 12.5. The van der Waals surface area contributed by atoms with Crippen LogP contribution in [0.5, 0.6) is 5.75 Å². The number of nitro benzene ring substituents is 1. The van der Waals surface area contributed by atoms with Crippen molar-refractivity contribution in [2.45, 2.75) is 10.9 Å². The molecular weight excluding hydrogens is 414 g/mol. The summed E-state index contributed by atoms with van der Waals surface area (Å²) in [6.07, 6.45) is 0. The van der Waals surface area contributed by atoms with Crippen molar-refractivity contribution in [2.24, 2.45) is 0 Å². The molecule has 8 nitrogen and oxygen atoms in total. The average Bonchev–Trinajstić information content (AvgIpc) is 3.23. The van der Waals surface area contributed by atoms with Crippen molar-refractivity contribution in [1.82, 2.24) is 4.90 Å². The lowest BCUT2D eigenvalue weighted by molar-refractivity contribution is -0.384. The number of methoxy groups -OCH3 is 1. The molecule has 2 aromatic carbocycles. The van der Waals surface area contributed by atoms with E-state index in [-0.39, 0.29) is 23.3 Å². The molecule has 1 unspecified atom stereocenters. The Morgan fingerprint density at radius 2 is 1.93 bits per heavy atom. The normalized spacial score (nSPS) is 15.8. The number of benzene rings is 2. The van der Waals surface area contributed by atoms with E-state index < -0.39 is 11.0 Å². The molecule has 152 valence electrons. The van der Waals surface area contributed by atoms with E-state index in [1.54, 1.807) is 48.4 Å². The van der Waals surface area contributed by atoms with Gasteiger partial charge in [0.25, 0.3) is 5.69 Å². The molecule has 0 saturated carbocycles. The van der Waals surface area contributed by atoms with Gasteiger partial charge in [-0.05, 0) is 36.4 Å². The van der Waals surface area contributed by atoms with Gasteiger partial charge in [0, 0.05) is 28.5 Å². The van der Waals surface area contributed by atoms with Crippen molar-refractivity contribution in [2.75, 3.05) is 29.8 Å². The molecule has 1 aliphatic heterocycles. The van der Waals surface area contributed by atoms with E-state index in [2.05, 4.69) is 5.32 Å². The van der Waals surface area contributed by atoms with Gasteiger partial charge >= 0.3 is 0 Å². The van der Waals surface area contributed by atoms with Crippen molar-refractivity contribution in [1.29, 1.82) is 0 Å². The van der Waals surface area contributed by atoms with Crippen LogP contribution in [0.25, 0.3) is 0 Å². The molecule has 1 saturated heterocycles. The molecule has 1 heterocycles. The summed E-state index contributed by atoms with van der Waals surface area (Å²) in [6.45, 7) is 0. The van der Waals surface area contributed by atoms with Gasteiger partial charge in [-0.3, -0.25) is 19.7 Å². The highest BCUT2D eigenvalue weighted by Crippen LogP contribution is 2.26. The molecule has 1 atom stereocenters. The maximum absolute atomic E-state index is 12.6. The molecule has 2 aromatic rings. The summed E-state index contributed by atoms with van der Waals surface area (Å²) in [5, 5.41) is 13.5. The molecule has 10 heteroatoms. The van der Waals surface area contributed by atoms with E-state index in [4.69, 9.17) is 4.74 Å². The molecule has 0 radical (unpaired) electrons. The number of non-ortho nitro benzene ring substituents is 1. The molecule has 1 N–H and O–H groups in total. The van der Waals surface area contributed by atoms with Crippen LogP contribution in [0.2, 0.25) is 0 Å². The Morgan fingerprint density at radius 1 is 1.24 bits per heavy atom. The van der Waals surface area contributed by atoms with E-state index in [1.807, 2.05) is 0 Å². The zero-order valence-electron chi connectivity index (χ0n) is 15.6. The van der Waals surface area contributed by atoms with Gasteiger partial charge in [-0.25, -0.2) is 0 Å². The highest BCUT2D eigenvalue weighted by Gasteiger charge is 2.34. The fraction of sp³-hybridized carbons (Fsp3) is 0.263. The van der Waals surface area contributed by atoms with E-state index in [0.29, 0.717) is 23.1 Å². The highest BCUT2D eigenvalue weighted by molar-refractivity contribution is 8.00. The summed E-state index contributed by atoms with van der Waals surface area (Å²) in [5.74, 6) is 1.47. The second-order valence-corrected chi connectivity index (χ2v) is 8.19. The molecule has 1 fully saturated rings. The second-order valence-electron chi connectivity index (χ2n) is 6.14. The molecule has 2 amide bonds. The maximum Gasteiger partial charge on any atom is 0.269 e. The topological polar surface area (TPSA) is 102 Å². The van der Waals surface area contributed by atoms with Crippen LogP contribution in [0.15, 0.2) is 53.4 Å². The van der Waals surface area contributed by atoms with Crippen molar-refractivity contribution in [3.05, 3.63) is 58.6 Å². The number of nitrogens with zero attached hydrogens (tertiary/aromatic N) is 2. The fourth-order valence-electron chi connectivity index (χ4n) is 2.70. The number of thioether (sulfide) groups is 2. The highest BCUT2D eigenvalue weighted by atomic mass is 32.2. The number of carbonyl (C=O) groups is 2. The first-order valence-electron chi connectivity index (χ1n) is 8.67. The molecule has 29 heavy (non-hydrogen) atoms. The summed E-state index contributed by atoms with van der Waals surface area (Å²) < 4.78 is 5.10. The second kappa shape index (κ2) is 9.66. The number of rotatable bonds is 7. The number of hydrogen-bond donors (Lipinski definition) is 1. The quantitative estimate of drug-likeness (QED) is 0.406. The first-order valence-corrected chi connectivity index (χ1v) is 10.8. The van der Waals surface area contributed by atoms with Crippen LogP contribution in [0, 0.1) is 10.1 Å². The fourth-order valence-corrected chi connectivity index (χ4v) is 4.66.